The SMILES string of the molecule is C[NH+](C)[C@@H]1CCCC[C@H]1[NH+](C)C.C[NH+](C)[C@@H]1CCCC[C@H]1[NH+](C)C.C[NH+](C)[C@@H]1CCCC[C@H]1[NH+](C)C.C[NH+](C)[C@@H]1CCCC[C@H]1[NH+](C)C.C[Si](C)(C)[N-][Si](C)(C)C.C[Si](C)(C)[N-][Si](C)(C)C.C[Si](C)(C)[N-][Si](C)(C)C.C[Si](C)(C)[N-][Si](C)(C)C.C[Si](C)(C)[N-][Si](C)(C)C.C[Si](C)(C)[N-][Si](C)(C)C.Cc1ccccc1.Cc1ccccc1.[Li+].[Li+].[Mg+2].[Mg+2]. The summed E-state index contributed by atoms with van der Waals surface area (Å²) in [5.41, 5.74) is 2.64. The van der Waals surface area contributed by atoms with Crippen LogP contribution >= 0.6 is 0 Å². The summed E-state index contributed by atoms with van der Waals surface area (Å²) in [4.78, 5) is 13.1. The molecule has 4 aliphatic carbocycles. The van der Waals surface area contributed by atoms with Crippen LogP contribution in [0.4, 0.5) is 0 Å². The summed E-state index contributed by atoms with van der Waals surface area (Å²) in [6.07, 6.45) is 23.0. The number of rotatable bonds is 20. The summed E-state index contributed by atoms with van der Waals surface area (Å²) in [5, 5.41) is 0. The summed E-state index contributed by atoms with van der Waals surface area (Å²) >= 11 is 0. The molecule has 0 unspecified atom stereocenters. The minimum Gasteiger partial charge on any atom is -0.668 e. The number of hydrogen-bond acceptors (Lipinski definition) is 0. The number of hydrogen-bond donors (Lipinski definition) is 8. The van der Waals surface area contributed by atoms with E-state index in [1.807, 2.05) is 36.4 Å². The zero-order valence-corrected chi connectivity index (χ0v) is 108. The van der Waals surface area contributed by atoms with E-state index < -0.39 is 98.8 Å². The summed E-state index contributed by atoms with van der Waals surface area (Å²) in [5.74, 6) is 0. The molecule has 30 heteroatoms. The molecule has 2 aromatic carbocycles. The van der Waals surface area contributed by atoms with Gasteiger partial charge in [-0.1, -0.05) is 406 Å². The van der Waals surface area contributed by atoms with Crippen molar-refractivity contribution in [3.05, 3.63) is 99.7 Å². The van der Waals surface area contributed by atoms with Crippen LogP contribution in [0.15, 0.2) is 60.7 Å². The monoisotopic (exact) mass is 1900 g/mol. The van der Waals surface area contributed by atoms with Crippen LogP contribution in [0.3, 0.4) is 0 Å². The van der Waals surface area contributed by atoms with Crippen molar-refractivity contribution in [3.8, 4) is 0 Å². The van der Waals surface area contributed by atoms with Crippen LogP contribution in [0, 0.1) is 13.8 Å². The Bertz CT molecular complexity index is 2140. The predicted octanol–water partition coefficient (Wildman–Crippen LogP) is 9.76. The Morgan fingerprint density at radius 3 is 0.308 bits per heavy atom. The Hall–Kier alpha value is 3.21. The van der Waals surface area contributed by atoms with E-state index in [0.29, 0.717) is 0 Å². The van der Waals surface area contributed by atoms with Crippen molar-refractivity contribution in [3.63, 3.8) is 0 Å². The zero-order chi connectivity index (χ0) is 93.0. The second kappa shape index (κ2) is 69.1. The summed E-state index contributed by atoms with van der Waals surface area (Å²) in [6, 6.07) is 27.7. The fourth-order valence-corrected chi connectivity index (χ4v) is 65.5. The molecule has 0 aromatic heterocycles. The zero-order valence-electron chi connectivity index (χ0n) is 92.8. The van der Waals surface area contributed by atoms with Crippen LogP contribution in [0.25, 0.3) is 27.9 Å². The Labute approximate surface area is 826 Å². The maximum absolute atomic E-state index is 4.82. The fraction of sp³-hybridized carbons (Fsp3) is 0.867. The molecule has 0 amide bonds. The fourth-order valence-electron chi connectivity index (χ4n) is 17.2. The molecule has 6 rings (SSSR count). The predicted molar refractivity (Wildman–Crippen MR) is 581 cm³/mol. The van der Waals surface area contributed by atoms with Crippen LogP contribution in [0.2, 0.25) is 236 Å². The maximum atomic E-state index is 4.82. The number of likely N-dealkylation sites (N-methyl/N-ethyl adjacent to an activating group) is 8. The number of benzene rings is 2. The van der Waals surface area contributed by atoms with Crippen molar-refractivity contribution >= 4 is 145 Å². The van der Waals surface area contributed by atoms with E-state index in [-0.39, 0.29) is 83.8 Å². The van der Waals surface area contributed by atoms with Gasteiger partial charge in [-0.25, -0.2) is 0 Å². The average Bonchev–Trinajstić information content (AvgIpc) is 0.865. The largest absolute Gasteiger partial charge is 2.00 e. The Morgan fingerprint density at radius 1 is 0.183 bits per heavy atom. The third kappa shape index (κ3) is 102. The molecule has 4 aliphatic rings. The van der Waals surface area contributed by atoms with Gasteiger partial charge in [0.25, 0.3) is 0 Å². The van der Waals surface area contributed by atoms with Gasteiger partial charge >= 0.3 is 83.8 Å². The smallest absolute Gasteiger partial charge is 0.668 e. The number of aryl methyl sites for hydroxylation is 2. The van der Waals surface area contributed by atoms with Gasteiger partial charge in [0.2, 0.25) is 0 Å². The van der Waals surface area contributed by atoms with Crippen LogP contribution < -0.4 is 76.9 Å². The molecule has 4 saturated carbocycles. The Morgan fingerprint density at radius 2 is 0.267 bits per heavy atom. The molecule has 0 spiro atoms. The van der Waals surface area contributed by atoms with Crippen LogP contribution in [0.1, 0.15) is 114 Å². The molecule has 0 heterocycles. The Balaban J connectivity index is -0.000000138. The normalized spacial score (nSPS) is 19.9. The van der Waals surface area contributed by atoms with E-state index in [1.54, 1.807) is 39.2 Å². The number of nitrogens with zero attached hydrogens (tertiary/aromatic N) is 6. The molecule has 8 atom stereocenters. The molecule has 4 fully saturated rings. The third-order valence-corrected chi connectivity index (χ3v) is 51.1. The van der Waals surface area contributed by atoms with Gasteiger partial charge in [0, 0.05) is 51.4 Å². The van der Waals surface area contributed by atoms with Gasteiger partial charge in [-0.3, -0.25) is 0 Å². The topological polar surface area (TPSA) is 120 Å². The molecule has 2 aromatic rings. The maximum Gasteiger partial charge on any atom is 2.00 e. The first-order valence-electron chi connectivity index (χ1n) is 46.4. The van der Waals surface area contributed by atoms with Crippen molar-refractivity contribution in [1.29, 1.82) is 0 Å². The van der Waals surface area contributed by atoms with Gasteiger partial charge in [-0.05, 0) is 65.2 Å². The van der Waals surface area contributed by atoms with Crippen molar-refractivity contribution < 1.29 is 76.9 Å². The van der Waals surface area contributed by atoms with E-state index >= 15 is 0 Å². The molecular formula is C90H220Li2Mg2N14Si12+8. The third-order valence-electron chi connectivity index (χ3n) is 18.9. The molecular weight excluding hydrogens is 1680 g/mol. The second-order valence-corrected chi connectivity index (χ2v) is 106. The van der Waals surface area contributed by atoms with Gasteiger partial charge in [-0.2, -0.15) is 0 Å². The van der Waals surface area contributed by atoms with E-state index in [2.05, 4.69) is 387 Å². The van der Waals surface area contributed by atoms with Crippen molar-refractivity contribution in [2.24, 2.45) is 0 Å². The molecule has 0 aliphatic heterocycles. The van der Waals surface area contributed by atoms with Crippen molar-refractivity contribution in [2.75, 3.05) is 113 Å². The van der Waals surface area contributed by atoms with Crippen LogP contribution in [0.5, 0.6) is 0 Å². The minimum atomic E-state index is -1.11. The van der Waals surface area contributed by atoms with Crippen molar-refractivity contribution in [1.82, 2.24) is 0 Å². The number of nitrogens with one attached hydrogen (secondary N) is 8. The standard InChI is InChI=1S/4C10H22N2.2C7H8.6C6H18NSi2.2Li.2Mg/c4*1-11(2)9-7-5-6-8-10(9)12(3)4;2*1-7-5-3-2-4-6-7;6*1-8(2,3)7-9(4,5)6;;;;/h4*9-10H,5-8H2,1-4H3;2*2-6H,1H3;6*1-6H3;;;;/q;;;;;;6*-1;2*+1;2*+2/p+8/t4*9-,10-;;;;;;;;;;;;/m1111............/s1. The van der Waals surface area contributed by atoms with E-state index in [4.69, 9.17) is 27.9 Å². The van der Waals surface area contributed by atoms with Gasteiger partial charge in [0.15, 0.2) is 0 Å². The average molecular weight is 1900 g/mol. The quantitative estimate of drug-likeness (QED) is 0.0604. The minimum absolute atomic E-state index is 0. The number of quaternary nitrogens is 8. The van der Waals surface area contributed by atoms with E-state index in [1.165, 1.54) is 114 Å². The first-order valence-corrected chi connectivity index (χ1v) is 87.8. The van der Waals surface area contributed by atoms with Crippen molar-refractivity contribution in [2.45, 2.75) is 401 Å². The van der Waals surface area contributed by atoms with Gasteiger partial charge in [0.1, 0.15) is 48.3 Å². The van der Waals surface area contributed by atoms with E-state index in [0.717, 1.165) is 48.3 Å². The molecule has 696 valence electrons. The summed E-state index contributed by atoms with van der Waals surface area (Å²) in [6.45, 7) is 86.9. The molecule has 14 nitrogen and oxygen atoms in total. The summed E-state index contributed by atoms with van der Waals surface area (Å²) in [7, 11) is 23.5. The van der Waals surface area contributed by atoms with Gasteiger partial charge in [0.05, 0.1) is 113 Å². The molecule has 0 saturated heterocycles. The van der Waals surface area contributed by atoms with Gasteiger partial charge in [-0.15, -0.1) is 0 Å². The van der Waals surface area contributed by atoms with E-state index in [9.17, 15) is 0 Å². The summed E-state index contributed by atoms with van der Waals surface area (Å²) < 4.78 is 28.9. The first kappa shape index (κ1) is 144. The molecule has 0 bridgehead atoms. The molecule has 120 heavy (non-hydrogen) atoms. The Kier molecular flexibility index (Phi) is 82.7. The van der Waals surface area contributed by atoms with Gasteiger partial charge < -0.3 is 67.1 Å². The molecule has 0 radical (unpaired) electrons. The second-order valence-electron chi connectivity index (χ2n) is 48.6. The first-order chi connectivity index (χ1) is 51.5. The van der Waals surface area contributed by atoms with Crippen LogP contribution in [-0.2, 0) is 0 Å². The molecule has 8 N–H and O–H groups in total. The van der Waals surface area contributed by atoms with Crippen LogP contribution in [-0.4, -0.2) is 306 Å².